The number of piperidine rings is 1. The number of nitrogens with one attached hydrogen (secondary N) is 1. The van der Waals surface area contributed by atoms with Gasteiger partial charge in [0.2, 0.25) is 0 Å². The quantitative estimate of drug-likeness (QED) is 0.656. The number of nitrogens with zero attached hydrogens (tertiary/aromatic N) is 3. The van der Waals surface area contributed by atoms with Gasteiger partial charge < -0.3 is 10.2 Å². The van der Waals surface area contributed by atoms with Gasteiger partial charge in [-0.15, -0.1) is 11.3 Å². The Labute approximate surface area is 167 Å². The van der Waals surface area contributed by atoms with E-state index in [-0.39, 0.29) is 5.91 Å². The van der Waals surface area contributed by atoms with Gasteiger partial charge in [-0.3, -0.25) is 4.79 Å². The van der Waals surface area contributed by atoms with Crippen LogP contribution in [-0.4, -0.2) is 29.0 Å². The van der Waals surface area contributed by atoms with Gasteiger partial charge in [-0.25, -0.2) is 9.97 Å². The number of benzene rings is 1. The van der Waals surface area contributed by atoms with Crippen molar-refractivity contribution >= 4 is 50.6 Å². The molecule has 0 spiro atoms. The number of hydrogen-bond acceptors (Lipinski definition) is 5. The molecule has 3 heterocycles. The van der Waals surface area contributed by atoms with E-state index in [9.17, 15) is 4.79 Å². The summed E-state index contributed by atoms with van der Waals surface area (Å²) >= 11 is 7.74. The van der Waals surface area contributed by atoms with Crippen LogP contribution >= 0.6 is 22.9 Å². The van der Waals surface area contributed by atoms with Crippen LogP contribution in [0, 0.1) is 13.8 Å². The van der Waals surface area contributed by atoms with Gasteiger partial charge in [0.25, 0.3) is 5.91 Å². The molecular weight excluding hydrogens is 380 g/mol. The van der Waals surface area contributed by atoms with E-state index in [1.165, 1.54) is 17.8 Å². The van der Waals surface area contributed by atoms with Crippen molar-refractivity contribution in [1.82, 2.24) is 9.97 Å². The number of hydrogen-bond donors (Lipinski definition) is 1. The van der Waals surface area contributed by atoms with Crippen LogP contribution in [0.1, 0.15) is 40.1 Å². The van der Waals surface area contributed by atoms with E-state index in [2.05, 4.69) is 20.2 Å². The predicted molar refractivity (Wildman–Crippen MR) is 112 cm³/mol. The van der Waals surface area contributed by atoms with Crippen molar-refractivity contribution in [2.24, 2.45) is 0 Å². The number of aryl methyl sites for hydroxylation is 1. The molecule has 1 saturated heterocycles. The molecule has 7 heteroatoms. The molecule has 4 rings (SSSR count). The van der Waals surface area contributed by atoms with Crippen molar-refractivity contribution in [1.29, 1.82) is 0 Å². The maximum atomic E-state index is 13.2. The molecule has 3 aromatic rings. The van der Waals surface area contributed by atoms with Crippen LogP contribution in [0.4, 0.5) is 11.5 Å². The molecule has 1 aromatic carbocycles. The Morgan fingerprint density at radius 1 is 1.19 bits per heavy atom. The Bertz CT molecular complexity index is 1010. The Morgan fingerprint density at radius 2 is 1.96 bits per heavy atom. The lowest BCUT2D eigenvalue weighted by atomic mass is 10.1. The molecule has 27 heavy (non-hydrogen) atoms. The summed E-state index contributed by atoms with van der Waals surface area (Å²) in [7, 11) is 0. The molecule has 0 radical (unpaired) electrons. The molecular formula is C20H21ClN4OS. The SMILES string of the molecule is Cc1sc2ncnc(N3CCCCC3)c2c1C(=O)Nc1cccc(Cl)c1C. The first-order chi connectivity index (χ1) is 13.1. The Kier molecular flexibility index (Phi) is 5.02. The highest BCUT2D eigenvalue weighted by Crippen LogP contribution is 2.36. The molecule has 0 unspecified atom stereocenters. The molecule has 0 saturated carbocycles. The Balaban J connectivity index is 1.77. The molecule has 1 aliphatic rings. The summed E-state index contributed by atoms with van der Waals surface area (Å²) in [5.74, 6) is 0.731. The van der Waals surface area contributed by atoms with Gasteiger partial charge in [0, 0.05) is 28.7 Å². The predicted octanol–water partition coefficient (Wildman–Crippen LogP) is 5.20. The van der Waals surface area contributed by atoms with E-state index in [1.54, 1.807) is 6.33 Å². The summed E-state index contributed by atoms with van der Waals surface area (Å²) in [4.78, 5) is 26.2. The summed E-state index contributed by atoms with van der Waals surface area (Å²) in [6.45, 7) is 5.80. The summed E-state index contributed by atoms with van der Waals surface area (Å²) in [5, 5.41) is 4.52. The van der Waals surface area contributed by atoms with Gasteiger partial charge in [-0.05, 0) is 50.8 Å². The number of halogens is 1. The number of carbonyl (C=O) groups is 1. The van der Waals surface area contributed by atoms with Crippen LogP contribution in [0.15, 0.2) is 24.5 Å². The van der Waals surface area contributed by atoms with Crippen molar-refractivity contribution in [2.45, 2.75) is 33.1 Å². The van der Waals surface area contributed by atoms with Crippen LogP contribution in [0.5, 0.6) is 0 Å². The Hall–Kier alpha value is -2.18. The minimum absolute atomic E-state index is 0.142. The largest absolute Gasteiger partial charge is 0.356 e. The van der Waals surface area contributed by atoms with E-state index in [0.717, 1.165) is 58.1 Å². The highest BCUT2D eigenvalue weighted by Gasteiger charge is 2.24. The van der Waals surface area contributed by atoms with Gasteiger partial charge >= 0.3 is 0 Å². The van der Waals surface area contributed by atoms with Crippen LogP contribution in [0.25, 0.3) is 10.2 Å². The molecule has 1 fully saturated rings. The van der Waals surface area contributed by atoms with Gasteiger partial charge in [-0.1, -0.05) is 17.7 Å². The Morgan fingerprint density at radius 3 is 2.74 bits per heavy atom. The van der Waals surface area contributed by atoms with Crippen molar-refractivity contribution in [3.8, 4) is 0 Å². The summed E-state index contributed by atoms with van der Waals surface area (Å²) in [6, 6.07) is 5.52. The number of anilines is 2. The number of amides is 1. The molecule has 5 nitrogen and oxygen atoms in total. The van der Waals surface area contributed by atoms with Crippen LogP contribution in [0.2, 0.25) is 5.02 Å². The zero-order valence-electron chi connectivity index (χ0n) is 15.4. The second kappa shape index (κ2) is 7.44. The maximum absolute atomic E-state index is 13.2. The van der Waals surface area contributed by atoms with Crippen molar-refractivity contribution in [3.05, 3.63) is 45.6 Å². The van der Waals surface area contributed by atoms with E-state index < -0.39 is 0 Å². The molecule has 0 atom stereocenters. The fourth-order valence-corrected chi connectivity index (χ4v) is 4.73. The smallest absolute Gasteiger partial charge is 0.257 e. The standard InChI is InChI=1S/C20H21ClN4OS/c1-12-14(21)7-6-8-15(12)24-19(26)16-13(2)27-20-17(16)18(22-11-23-20)25-9-4-3-5-10-25/h6-8,11H,3-5,9-10H2,1-2H3,(H,24,26). The normalized spacial score (nSPS) is 14.6. The first kappa shape index (κ1) is 18.2. The van der Waals surface area contributed by atoms with Crippen LogP contribution in [0.3, 0.4) is 0 Å². The third-order valence-electron chi connectivity index (χ3n) is 5.04. The monoisotopic (exact) mass is 400 g/mol. The van der Waals surface area contributed by atoms with E-state index in [4.69, 9.17) is 11.6 Å². The van der Waals surface area contributed by atoms with Crippen molar-refractivity contribution in [3.63, 3.8) is 0 Å². The number of fused-ring (bicyclic) bond motifs is 1. The third-order valence-corrected chi connectivity index (χ3v) is 6.47. The van der Waals surface area contributed by atoms with Crippen LogP contribution < -0.4 is 10.2 Å². The minimum Gasteiger partial charge on any atom is -0.356 e. The molecule has 0 aliphatic carbocycles. The zero-order valence-corrected chi connectivity index (χ0v) is 17.0. The first-order valence-electron chi connectivity index (χ1n) is 9.12. The molecule has 0 bridgehead atoms. The van der Waals surface area contributed by atoms with Crippen molar-refractivity contribution < 1.29 is 4.79 Å². The number of thiophene rings is 1. The highest BCUT2D eigenvalue weighted by molar-refractivity contribution is 7.19. The van der Waals surface area contributed by atoms with E-state index >= 15 is 0 Å². The van der Waals surface area contributed by atoms with Crippen molar-refractivity contribution in [2.75, 3.05) is 23.3 Å². The van der Waals surface area contributed by atoms with Gasteiger partial charge in [0.15, 0.2) is 0 Å². The number of aromatic nitrogens is 2. The van der Waals surface area contributed by atoms with Gasteiger partial charge in [0.1, 0.15) is 17.0 Å². The molecule has 140 valence electrons. The number of carbonyl (C=O) groups excluding carboxylic acids is 1. The first-order valence-corrected chi connectivity index (χ1v) is 10.3. The molecule has 1 amide bonds. The molecule has 2 aromatic heterocycles. The lowest BCUT2D eigenvalue weighted by Gasteiger charge is -2.28. The average Bonchev–Trinajstić information content (AvgIpc) is 3.02. The maximum Gasteiger partial charge on any atom is 0.257 e. The van der Waals surface area contributed by atoms with Crippen LogP contribution in [-0.2, 0) is 0 Å². The third kappa shape index (κ3) is 3.39. The summed E-state index contributed by atoms with van der Waals surface area (Å²) in [5.41, 5.74) is 2.25. The average molecular weight is 401 g/mol. The van der Waals surface area contributed by atoms with Gasteiger partial charge in [-0.2, -0.15) is 0 Å². The second-order valence-electron chi connectivity index (χ2n) is 6.82. The molecule has 1 N–H and O–H groups in total. The lowest BCUT2D eigenvalue weighted by molar-refractivity contribution is 0.102. The fourth-order valence-electron chi connectivity index (χ4n) is 3.58. The fraction of sp³-hybridized carbons (Fsp3) is 0.350. The van der Waals surface area contributed by atoms with Gasteiger partial charge in [0.05, 0.1) is 10.9 Å². The minimum atomic E-state index is -0.142. The van der Waals surface area contributed by atoms with E-state index in [1.807, 2.05) is 32.0 Å². The zero-order chi connectivity index (χ0) is 19.0. The number of rotatable bonds is 3. The van der Waals surface area contributed by atoms with E-state index in [0.29, 0.717) is 10.6 Å². The highest BCUT2D eigenvalue weighted by atomic mass is 35.5. The summed E-state index contributed by atoms with van der Waals surface area (Å²) < 4.78 is 0. The second-order valence-corrected chi connectivity index (χ2v) is 8.44. The lowest BCUT2D eigenvalue weighted by Crippen LogP contribution is -2.30. The summed E-state index contributed by atoms with van der Waals surface area (Å²) in [6.07, 6.45) is 5.15. The molecule has 1 aliphatic heterocycles. The topological polar surface area (TPSA) is 58.1 Å².